The van der Waals surface area contributed by atoms with Crippen molar-refractivity contribution in [2.75, 3.05) is 5.32 Å². The van der Waals surface area contributed by atoms with E-state index in [0.29, 0.717) is 5.92 Å². The molecular weight excluding hydrogens is 373 g/mol. The van der Waals surface area contributed by atoms with E-state index in [9.17, 15) is 4.79 Å². The summed E-state index contributed by atoms with van der Waals surface area (Å²) in [6.45, 7) is 4.26. The van der Waals surface area contributed by atoms with E-state index in [0.717, 1.165) is 21.2 Å². The number of anilines is 1. The molecule has 0 fully saturated rings. The van der Waals surface area contributed by atoms with Gasteiger partial charge < -0.3 is 5.32 Å². The lowest BCUT2D eigenvalue weighted by atomic mass is 9.85. The molecule has 0 aliphatic heterocycles. The van der Waals surface area contributed by atoms with Crippen LogP contribution in [0.15, 0.2) is 54.6 Å². The van der Waals surface area contributed by atoms with E-state index in [1.54, 1.807) is 0 Å². The first kappa shape index (κ1) is 16.0. The zero-order valence-corrected chi connectivity index (χ0v) is 14.5. The van der Waals surface area contributed by atoms with Gasteiger partial charge in [0.2, 0.25) is 5.91 Å². The third-order valence-corrected chi connectivity index (χ3v) is 4.42. The van der Waals surface area contributed by atoms with Crippen LogP contribution in [0.2, 0.25) is 0 Å². The van der Waals surface area contributed by atoms with Gasteiger partial charge in [0.1, 0.15) is 0 Å². The number of nitrogens with one attached hydrogen (secondary N) is 1. The number of hydrogen-bond donors (Lipinski definition) is 1. The largest absolute Gasteiger partial charge is 0.326 e. The Labute approximate surface area is 140 Å². The standard InChI is InChI=1S/C18H20INO/c1-3-13(2)17(14-8-5-4-6-9-14)18(21)20-16-11-7-10-15(19)12-16/h4-13,17H,3H2,1-2H3,(H,20,21). The topological polar surface area (TPSA) is 29.1 Å². The van der Waals surface area contributed by atoms with Gasteiger partial charge in [0.05, 0.1) is 5.92 Å². The van der Waals surface area contributed by atoms with Gasteiger partial charge in [0.15, 0.2) is 0 Å². The van der Waals surface area contributed by atoms with Crippen molar-refractivity contribution in [2.24, 2.45) is 5.92 Å². The lowest BCUT2D eigenvalue weighted by molar-refractivity contribution is -0.118. The Bertz CT molecular complexity index is 597. The summed E-state index contributed by atoms with van der Waals surface area (Å²) in [7, 11) is 0. The predicted octanol–water partition coefficient (Wildman–Crippen LogP) is 5.06. The molecule has 0 saturated carbocycles. The van der Waals surface area contributed by atoms with E-state index in [1.807, 2.05) is 54.6 Å². The maximum atomic E-state index is 12.7. The van der Waals surface area contributed by atoms with E-state index in [2.05, 4.69) is 41.8 Å². The van der Waals surface area contributed by atoms with Crippen LogP contribution < -0.4 is 5.32 Å². The number of benzene rings is 2. The van der Waals surface area contributed by atoms with Gasteiger partial charge in [-0.25, -0.2) is 0 Å². The fourth-order valence-electron chi connectivity index (χ4n) is 2.42. The highest BCUT2D eigenvalue weighted by molar-refractivity contribution is 14.1. The van der Waals surface area contributed by atoms with Crippen molar-refractivity contribution in [3.05, 3.63) is 63.7 Å². The Hall–Kier alpha value is -1.36. The highest BCUT2D eigenvalue weighted by atomic mass is 127. The number of rotatable bonds is 5. The molecule has 2 aromatic carbocycles. The van der Waals surface area contributed by atoms with Crippen LogP contribution in [0.3, 0.4) is 0 Å². The summed E-state index contributed by atoms with van der Waals surface area (Å²) in [4.78, 5) is 12.7. The minimum Gasteiger partial charge on any atom is -0.326 e. The Morgan fingerprint density at radius 3 is 2.48 bits per heavy atom. The van der Waals surface area contributed by atoms with Crippen LogP contribution in [-0.4, -0.2) is 5.91 Å². The summed E-state index contributed by atoms with van der Waals surface area (Å²) in [6, 6.07) is 17.9. The van der Waals surface area contributed by atoms with Crippen LogP contribution in [0.1, 0.15) is 31.7 Å². The zero-order chi connectivity index (χ0) is 15.2. The molecule has 1 amide bonds. The molecule has 0 bridgehead atoms. The minimum absolute atomic E-state index is 0.0672. The lowest BCUT2D eigenvalue weighted by Gasteiger charge is -2.22. The van der Waals surface area contributed by atoms with Crippen LogP contribution in [0.4, 0.5) is 5.69 Å². The van der Waals surface area contributed by atoms with Gasteiger partial charge in [0.25, 0.3) is 0 Å². The van der Waals surface area contributed by atoms with Crippen molar-refractivity contribution in [2.45, 2.75) is 26.2 Å². The average molecular weight is 393 g/mol. The summed E-state index contributed by atoms with van der Waals surface area (Å²) < 4.78 is 1.12. The molecule has 110 valence electrons. The van der Waals surface area contributed by atoms with Crippen molar-refractivity contribution in [1.82, 2.24) is 0 Å². The molecule has 1 N–H and O–H groups in total. The highest BCUT2D eigenvalue weighted by Crippen LogP contribution is 2.28. The molecular formula is C18H20INO. The second kappa shape index (κ2) is 7.59. The molecule has 0 spiro atoms. The third-order valence-electron chi connectivity index (χ3n) is 3.75. The summed E-state index contributed by atoms with van der Waals surface area (Å²) in [5, 5.41) is 3.05. The maximum absolute atomic E-state index is 12.7. The van der Waals surface area contributed by atoms with Gasteiger partial charge in [0, 0.05) is 9.26 Å². The molecule has 0 aromatic heterocycles. The summed E-state index contributed by atoms with van der Waals surface area (Å²) >= 11 is 2.25. The average Bonchev–Trinajstić information content (AvgIpc) is 2.48. The van der Waals surface area contributed by atoms with Gasteiger partial charge in [-0.3, -0.25) is 4.79 Å². The van der Waals surface area contributed by atoms with Crippen molar-refractivity contribution in [3.63, 3.8) is 0 Å². The number of halogens is 1. The Morgan fingerprint density at radius 2 is 1.86 bits per heavy atom. The van der Waals surface area contributed by atoms with Crippen LogP contribution in [0, 0.1) is 9.49 Å². The number of carbonyl (C=O) groups is 1. The number of amides is 1. The van der Waals surface area contributed by atoms with Crippen LogP contribution in [-0.2, 0) is 4.79 Å². The quantitative estimate of drug-likeness (QED) is 0.707. The van der Waals surface area contributed by atoms with Crippen molar-refractivity contribution >= 4 is 34.2 Å². The summed E-state index contributed by atoms with van der Waals surface area (Å²) in [5.41, 5.74) is 1.94. The molecule has 2 aromatic rings. The van der Waals surface area contributed by atoms with Gasteiger partial charge in [-0.05, 0) is 52.3 Å². The van der Waals surface area contributed by atoms with Crippen molar-refractivity contribution in [3.8, 4) is 0 Å². The first-order valence-electron chi connectivity index (χ1n) is 7.23. The minimum atomic E-state index is -0.117. The van der Waals surface area contributed by atoms with Crippen LogP contribution >= 0.6 is 22.6 Å². The molecule has 2 nitrogen and oxygen atoms in total. The fraction of sp³-hybridized carbons (Fsp3) is 0.278. The van der Waals surface area contributed by atoms with Gasteiger partial charge in [-0.2, -0.15) is 0 Å². The van der Waals surface area contributed by atoms with Gasteiger partial charge in [-0.15, -0.1) is 0 Å². The van der Waals surface area contributed by atoms with E-state index in [1.165, 1.54) is 0 Å². The van der Waals surface area contributed by atoms with Crippen LogP contribution in [0.5, 0.6) is 0 Å². The molecule has 0 aliphatic rings. The van der Waals surface area contributed by atoms with Gasteiger partial charge in [-0.1, -0.05) is 56.7 Å². The highest BCUT2D eigenvalue weighted by Gasteiger charge is 2.25. The molecule has 2 rings (SSSR count). The molecule has 0 heterocycles. The predicted molar refractivity (Wildman–Crippen MR) is 96.4 cm³/mol. The first-order valence-corrected chi connectivity index (χ1v) is 8.31. The van der Waals surface area contributed by atoms with E-state index in [-0.39, 0.29) is 11.8 Å². The smallest absolute Gasteiger partial charge is 0.232 e. The molecule has 0 aliphatic carbocycles. The SMILES string of the molecule is CCC(C)C(C(=O)Nc1cccc(I)c1)c1ccccc1. The van der Waals surface area contributed by atoms with E-state index >= 15 is 0 Å². The van der Waals surface area contributed by atoms with Crippen molar-refractivity contribution in [1.29, 1.82) is 0 Å². The number of carbonyl (C=O) groups excluding carboxylic acids is 1. The van der Waals surface area contributed by atoms with Gasteiger partial charge >= 0.3 is 0 Å². The first-order chi connectivity index (χ1) is 10.1. The number of hydrogen-bond acceptors (Lipinski definition) is 1. The molecule has 0 saturated heterocycles. The molecule has 2 atom stereocenters. The Morgan fingerprint density at radius 1 is 1.14 bits per heavy atom. The summed E-state index contributed by atoms with van der Waals surface area (Å²) in [6.07, 6.45) is 0.972. The third kappa shape index (κ3) is 4.30. The molecule has 2 unspecified atom stereocenters. The normalized spacial score (nSPS) is 13.5. The second-order valence-electron chi connectivity index (χ2n) is 5.27. The summed E-state index contributed by atoms with van der Waals surface area (Å²) in [5.74, 6) is 0.252. The van der Waals surface area contributed by atoms with Crippen LogP contribution in [0.25, 0.3) is 0 Å². The second-order valence-corrected chi connectivity index (χ2v) is 6.52. The molecule has 0 radical (unpaired) electrons. The van der Waals surface area contributed by atoms with E-state index < -0.39 is 0 Å². The monoisotopic (exact) mass is 393 g/mol. The maximum Gasteiger partial charge on any atom is 0.232 e. The Kier molecular flexibility index (Phi) is 5.79. The zero-order valence-electron chi connectivity index (χ0n) is 12.3. The van der Waals surface area contributed by atoms with Crippen molar-refractivity contribution < 1.29 is 4.79 Å². The fourth-order valence-corrected chi connectivity index (χ4v) is 2.96. The van der Waals surface area contributed by atoms with E-state index in [4.69, 9.17) is 0 Å². The lowest BCUT2D eigenvalue weighted by Crippen LogP contribution is -2.26. The Balaban J connectivity index is 2.23. The molecule has 21 heavy (non-hydrogen) atoms. The molecule has 3 heteroatoms.